The number of ether oxygens (including phenoxy) is 1. The summed E-state index contributed by atoms with van der Waals surface area (Å²) >= 11 is 5.60. The van der Waals surface area contributed by atoms with Crippen molar-refractivity contribution < 1.29 is 27.1 Å². The molecule has 0 unspecified atom stereocenters. The molecule has 0 aliphatic rings. The van der Waals surface area contributed by atoms with E-state index < -0.39 is 34.3 Å². The molecule has 1 N–H and O–H groups in total. The van der Waals surface area contributed by atoms with Crippen molar-refractivity contribution in [2.24, 2.45) is 0 Å². The van der Waals surface area contributed by atoms with E-state index in [1.54, 1.807) is 0 Å². The van der Waals surface area contributed by atoms with E-state index in [1.807, 2.05) is 0 Å². The van der Waals surface area contributed by atoms with Crippen molar-refractivity contribution in [1.29, 1.82) is 0 Å². The number of nitrogens with one attached hydrogen (secondary N) is 1. The average molecular weight is 415 g/mol. The van der Waals surface area contributed by atoms with Crippen molar-refractivity contribution in [3.63, 3.8) is 0 Å². The first-order valence-electron chi connectivity index (χ1n) is 7.56. The maximum Gasteiger partial charge on any atom is 0.341 e. The largest absolute Gasteiger partial charge is 0.452 e. The predicted molar refractivity (Wildman–Crippen MR) is 97.6 cm³/mol. The average Bonchev–Trinajstić information content (AvgIpc) is 2.59. The first kappa shape index (κ1) is 20.8. The molecule has 0 saturated carbocycles. The Kier molecular flexibility index (Phi) is 6.53. The SMILES string of the molecule is CN(C)S(=O)(=O)c1cccc(NC(=O)COC(=O)c2ccc(Cl)cc2F)c1. The molecule has 0 radical (unpaired) electrons. The van der Waals surface area contributed by atoms with Crippen LogP contribution in [0.25, 0.3) is 0 Å². The highest BCUT2D eigenvalue weighted by Crippen LogP contribution is 2.18. The van der Waals surface area contributed by atoms with E-state index in [1.165, 1.54) is 44.4 Å². The highest BCUT2D eigenvalue weighted by atomic mass is 35.5. The summed E-state index contributed by atoms with van der Waals surface area (Å²) in [6.45, 7) is -0.675. The van der Waals surface area contributed by atoms with Crippen molar-refractivity contribution in [2.45, 2.75) is 4.90 Å². The van der Waals surface area contributed by atoms with E-state index in [-0.39, 0.29) is 21.2 Å². The molecule has 0 spiro atoms. The topological polar surface area (TPSA) is 92.8 Å². The van der Waals surface area contributed by atoms with Crippen molar-refractivity contribution in [3.8, 4) is 0 Å². The van der Waals surface area contributed by atoms with Crippen LogP contribution in [0.2, 0.25) is 5.02 Å². The predicted octanol–water partition coefficient (Wildman–Crippen LogP) is 2.52. The molecule has 7 nitrogen and oxygen atoms in total. The monoisotopic (exact) mass is 414 g/mol. The molecule has 1 amide bonds. The van der Waals surface area contributed by atoms with Crippen LogP contribution < -0.4 is 5.32 Å². The van der Waals surface area contributed by atoms with Gasteiger partial charge in [0.2, 0.25) is 10.0 Å². The summed E-state index contributed by atoms with van der Waals surface area (Å²) < 4.78 is 43.6. The molecule has 0 fully saturated rings. The van der Waals surface area contributed by atoms with Gasteiger partial charge in [0.1, 0.15) is 5.82 Å². The van der Waals surface area contributed by atoms with Crippen LogP contribution in [0.4, 0.5) is 10.1 Å². The molecule has 144 valence electrons. The number of nitrogens with zero attached hydrogens (tertiary/aromatic N) is 1. The van der Waals surface area contributed by atoms with Gasteiger partial charge in [-0.05, 0) is 36.4 Å². The van der Waals surface area contributed by atoms with Crippen molar-refractivity contribution in [3.05, 3.63) is 58.9 Å². The highest BCUT2D eigenvalue weighted by Gasteiger charge is 2.18. The summed E-state index contributed by atoms with van der Waals surface area (Å²) in [5.41, 5.74) is -0.150. The van der Waals surface area contributed by atoms with Gasteiger partial charge in [-0.2, -0.15) is 0 Å². The molecule has 2 aromatic carbocycles. The van der Waals surface area contributed by atoms with E-state index in [9.17, 15) is 22.4 Å². The number of rotatable bonds is 6. The van der Waals surface area contributed by atoms with Gasteiger partial charge in [-0.1, -0.05) is 17.7 Å². The Bertz CT molecular complexity index is 979. The Morgan fingerprint density at radius 2 is 1.89 bits per heavy atom. The van der Waals surface area contributed by atoms with Crippen LogP contribution in [-0.2, 0) is 19.6 Å². The molecule has 2 rings (SSSR count). The number of hydrogen-bond acceptors (Lipinski definition) is 5. The normalized spacial score (nSPS) is 11.3. The smallest absolute Gasteiger partial charge is 0.341 e. The number of hydrogen-bond donors (Lipinski definition) is 1. The number of esters is 1. The highest BCUT2D eigenvalue weighted by molar-refractivity contribution is 7.89. The van der Waals surface area contributed by atoms with Crippen molar-refractivity contribution in [1.82, 2.24) is 4.31 Å². The van der Waals surface area contributed by atoms with E-state index in [4.69, 9.17) is 16.3 Å². The molecule has 0 atom stereocenters. The molecule has 10 heteroatoms. The fraction of sp³-hybridized carbons (Fsp3) is 0.176. The Morgan fingerprint density at radius 3 is 2.52 bits per heavy atom. The first-order chi connectivity index (χ1) is 12.6. The summed E-state index contributed by atoms with van der Waals surface area (Å²) in [6, 6.07) is 9.01. The zero-order valence-corrected chi connectivity index (χ0v) is 16.0. The third-order valence-electron chi connectivity index (χ3n) is 3.38. The Balaban J connectivity index is 2.01. The summed E-state index contributed by atoms with van der Waals surface area (Å²) in [5, 5.41) is 2.53. The van der Waals surface area contributed by atoms with Gasteiger partial charge in [-0.25, -0.2) is 21.9 Å². The second-order valence-corrected chi connectivity index (χ2v) is 8.15. The number of amides is 1. The summed E-state index contributed by atoms with van der Waals surface area (Å²) in [4.78, 5) is 23.7. The summed E-state index contributed by atoms with van der Waals surface area (Å²) in [5.74, 6) is -2.60. The third-order valence-corrected chi connectivity index (χ3v) is 5.43. The van der Waals surface area contributed by atoms with E-state index in [0.717, 1.165) is 16.4 Å². The zero-order valence-electron chi connectivity index (χ0n) is 14.4. The van der Waals surface area contributed by atoms with Gasteiger partial charge < -0.3 is 10.1 Å². The molecule has 2 aromatic rings. The first-order valence-corrected chi connectivity index (χ1v) is 9.37. The molecular formula is C17H16ClFN2O5S. The summed E-state index contributed by atoms with van der Waals surface area (Å²) in [6.07, 6.45) is 0. The molecule has 0 aliphatic heterocycles. The fourth-order valence-electron chi connectivity index (χ4n) is 2.01. The Labute approximate surface area is 160 Å². The standard InChI is InChI=1S/C17H16ClFN2O5S/c1-21(2)27(24,25)13-5-3-4-12(9-13)20-16(22)10-26-17(23)14-7-6-11(18)8-15(14)19/h3-9H,10H2,1-2H3,(H,20,22). The van der Waals surface area contributed by atoms with E-state index in [0.29, 0.717) is 0 Å². The molecule has 0 aromatic heterocycles. The minimum absolute atomic E-state index is 0.00877. The number of sulfonamides is 1. The van der Waals surface area contributed by atoms with Crippen LogP contribution in [0, 0.1) is 5.82 Å². The van der Waals surface area contributed by atoms with Gasteiger partial charge in [0, 0.05) is 24.8 Å². The number of halogens is 2. The maximum absolute atomic E-state index is 13.6. The van der Waals surface area contributed by atoms with Crippen LogP contribution in [0.5, 0.6) is 0 Å². The number of carbonyl (C=O) groups excluding carboxylic acids is 2. The van der Waals surface area contributed by atoms with Gasteiger partial charge in [-0.15, -0.1) is 0 Å². The van der Waals surface area contributed by atoms with Crippen LogP contribution in [-0.4, -0.2) is 45.3 Å². The Morgan fingerprint density at radius 1 is 1.19 bits per heavy atom. The maximum atomic E-state index is 13.6. The van der Waals surface area contributed by atoms with Crippen LogP contribution in [0.1, 0.15) is 10.4 Å². The second kappa shape index (κ2) is 8.47. The lowest BCUT2D eigenvalue weighted by atomic mass is 10.2. The van der Waals surface area contributed by atoms with E-state index >= 15 is 0 Å². The second-order valence-electron chi connectivity index (χ2n) is 5.56. The molecule has 0 bridgehead atoms. The van der Waals surface area contributed by atoms with Gasteiger partial charge >= 0.3 is 5.97 Å². The molecule has 0 aliphatic carbocycles. The van der Waals surface area contributed by atoms with E-state index in [2.05, 4.69) is 5.32 Å². The van der Waals surface area contributed by atoms with Crippen LogP contribution >= 0.6 is 11.6 Å². The van der Waals surface area contributed by atoms with Crippen molar-refractivity contribution >= 4 is 39.2 Å². The number of carbonyl (C=O) groups is 2. The van der Waals surface area contributed by atoms with Crippen LogP contribution in [0.15, 0.2) is 47.4 Å². The quantitative estimate of drug-likeness (QED) is 0.733. The lowest BCUT2D eigenvalue weighted by molar-refractivity contribution is -0.119. The molecule has 27 heavy (non-hydrogen) atoms. The molecule has 0 saturated heterocycles. The van der Waals surface area contributed by atoms with Gasteiger partial charge in [0.15, 0.2) is 6.61 Å². The lowest BCUT2D eigenvalue weighted by Gasteiger charge is -2.12. The van der Waals surface area contributed by atoms with Gasteiger partial charge in [0.25, 0.3) is 5.91 Å². The minimum Gasteiger partial charge on any atom is -0.452 e. The number of anilines is 1. The minimum atomic E-state index is -3.66. The lowest BCUT2D eigenvalue weighted by Crippen LogP contribution is -2.23. The third kappa shape index (κ3) is 5.25. The van der Waals surface area contributed by atoms with Crippen molar-refractivity contribution in [2.75, 3.05) is 26.0 Å². The van der Waals surface area contributed by atoms with Crippen LogP contribution in [0.3, 0.4) is 0 Å². The number of benzene rings is 2. The fourth-order valence-corrected chi connectivity index (χ4v) is 3.11. The van der Waals surface area contributed by atoms with Gasteiger partial charge in [0.05, 0.1) is 10.5 Å². The molecule has 0 heterocycles. The Hall–Kier alpha value is -2.49. The zero-order chi connectivity index (χ0) is 20.2. The van der Waals surface area contributed by atoms with Gasteiger partial charge in [-0.3, -0.25) is 4.79 Å². The molecular weight excluding hydrogens is 399 g/mol. The summed E-state index contributed by atoms with van der Waals surface area (Å²) in [7, 11) is -0.891.